The lowest BCUT2D eigenvalue weighted by Gasteiger charge is -2.18. The number of halogens is 4. The summed E-state index contributed by atoms with van der Waals surface area (Å²) in [5.74, 6) is -3.35. The van der Waals surface area contributed by atoms with Gasteiger partial charge in [0.1, 0.15) is 35.5 Å². The molecule has 0 saturated carbocycles. The van der Waals surface area contributed by atoms with Crippen molar-refractivity contribution in [1.29, 1.82) is 0 Å². The van der Waals surface area contributed by atoms with Gasteiger partial charge in [-0.25, -0.2) is 17.6 Å². The van der Waals surface area contributed by atoms with Gasteiger partial charge in [0, 0.05) is 35.8 Å². The van der Waals surface area contributed by atoms with Crippen LogP contribution in [0.2, 0.25) is 0 Å². The SMILES string of the molecule is NCc1cc(F)c(CNC(=O)c2ccc3c(c2)[C@@H]2O[C@H]3c3ccc(-c4ccc(F)cc4F)cc32)c(F)c1. The highest BCUT2D eigenvalue weighted by Gasteiger charge is 2.43. The van der Waals surface area contributed by atoms with Gasteiger partial charge in [-0.05, 0) is 75.8 Å². The van der Waals surface area contributed by atoms with Crippen molar-refractivity contribution in [2.45, 2.75) is 25.3 Å². The number of ether oxygens (including phenoxy) is 1. The van der Waals surface area contributed by atoms with Gasteiger partial charge in [-0.1, -0.05) is 18.2 Å². The van der Waals surface area contributed by atoms with Crippen molar-refractivity contribution in [1.82, 2.24) is 5.32 Å². The van der Waals surface area contributed by atoms with Crippen LogP contribution in [0.4, 0.5) is 17.6 Å². The molecule has 2 atom stereocenters. The maximum Gasteiger partial charge on any atom is 0.251 e. The number of benzene rings is 4. The van der Waals surface area contributed by atoms with Gasteiger partial charge in [0.05, 0.1) is 0 Å². The van der Waals surface area contributed by atoms with E-state index in [1.54, 1.807) is 18.2 Å². The second-order valence-corrected chi connectivity index (χ2v) is 9.13. The maximum atomic E-state index is 14.4. The molecule has 0 fully saturated rings. The largest absolute Gasteiger partial charge is 0.356 e. The number of fused-ring (bicyclic) bond motifs is 8. The Balaban J connectivity index is 1.25. The maximum absolute atomic E-state index is 14.4. The zero-order valence-electron chi connectivity index (χ0n) is 19.3. The van der Waals surface area contributed by atoms with Gasteiger partial charge >= 0.3 is 0 Å². The van der Waals surface area contributed by atoms with Gasteiger partial charge in [0.25, 0.3) is 5.91 Å². The van der Waals surface area contributed by atoms with Crippen molar-refractivity contribution in [3.8, 4) is 11.1 Å². The van der Waals surface area contributed by atoms with Crippen LogP contribution < -0.4 is 11.1 Å². The summed E-state index contributed by atoms with van der Waals surface area (Å²) >= 11 is 0. The van der Waals surface area contributed by atoms with Gasteiger partial charge in [-0.15, -0.1) is 0 Å². The van der Waals surface area contributed by atoms with E-state index in [2.05, 4.69) is 5.32 Å². The Labute approximate surface area is 209 Å². The Kier molecular flexibility index (Phi) is 5.58. The predicted molar refractivity (Wildman–Crippen MR) is 128 cm³/mol. The zero-order valence-corrected chi connectivity index (χ0v) is 19.3. The third-order valence-electron chi connectivity index (χ3n) is 6.94. The Morgan fingerprint density at radius 2 is 1.46 bits per heavy atom. The lowest BCUT2D eigenvalue weighted by Crippen LogP contribution is -2.24. The van der Waals surface area contributed by atoms with E-state index in [0.717, 1.165) is 40.5 Å². The molecule has 0 aromatic heterocycles. The van der Waals surface area contributed by atoms with E-state index in [0.29, 0.717) is 16.7 Å². The van der Waals surface area contributed by atoms with Gasteiger partial charge in [0.2, 0.25) is 0 Å². The molecule has 0 aliphatic carbocycles. The van der Waals surface area contributed by atoms with Crippen LogP contribution in [0.3, 0.4) is 0 Å². The molecule has 0 radical (unpaired) electrons. The monoisotopic (exact) mass is 504 g/mol. The minimum atomic E-state index is -0.773. The van der Waals surface area contributed by atoms with Crippen LogP contribution in [0.25, 0.3) is 11.1 Å². The molecule has 0 unspecified atom stereocenters. The molecule has 3 N–H and O–H groups in total. The summed E-state index contributed by atoms with van der Waals surface area (Å²) in [5, 5.41) is 2.57. The second kappa shape index (κ2) is 8.83. The fourth-order valence-electron chi connectivity index (χ4n) is 5.09. The van der Waals surface area contributed by atoms with Crippen molar-refractivity contribution in [2.24, 2.45) is 5.73 Å². The third-order valence-corrected chi connectivity index (χ3v) is 6.94. The third kappa shape index (κ3) is 3.89. The highest BCUT2D eigenvalue weighted by atomic mass is 19.1. The molecule has 2 bridgehead atoms. The Bertz CT molecular complexity index is 1560. The number of carbonyl (C=O) groups is 1. The van der Waals surface area contributed by atoms with Gasteiger partial charge in [0.15, 0.2) is 0 Å². The van der Waals surface area contributed by atoms with Gasteiger partial charge < -0.3 is 15.8 Å². The molecule has 2 aliphatic rings. The van der Waals surface area contributed by atoms with Crippen molar-refractivity contribution >= 4 is 5.91 Å². The molecule has 1 amide bonds. The minimum absolute atomic E-state index is 0.00327. The average molecular weight is 504 g/mol. The van der Waals surface area contributed by atoms with Crippen molar-refractivity contribution in [2.75, 3.05) is 0 Å². The molecule has 2 aliphatic heterocycles. The smallest absolute Gasteiger partial charge is 0.251 e. The van der Waals surface area contributed by atoms with E-state index in [9.17, 15) is 22.4 Å². The number of nitrogens with one attached hydrogen (secondary N) is 1. The molecule has 8 heteroatoms. The van der Waals surface area contributed by atoms with Gasteiger partial charge in [-0.3, -0.25) is 4.79 Å². The second-order valence-electron chi connectivity index (χ2n) is 9.13. The van der Waals surface area contributed by atoms with Crippen LogP contribution in [0, 0.1) is 23.3 Å². The summed E-state index contributed by atoms with van der Waals surface area (Å²) in [6.45, 7) is -0.320. The van der Waals surface area contributed by atoms with Crippen LogP contribution in [0.5, 0.6) is 0 Å². The molecular formula is C29H20F4N2O2. The van der Waals surface area contributed by atoms with Crippen molar-refractivity contribution in [3.63, 3.8) is 0 Å². The zero-order chi connectivity index (χ0) is 25.8. The van der Waals surface area contributed by atoms with Crippen LogP contribution in [0.15, 0.2) is 66.7 Å². The summed E-state index contributed by atoms with van der Waals surface area (Å²) < 4.78 is 62.4. The van der Waals surface area contributed by atoms with E-state index in [1.807, 2.05) is 18.2 Å². The van der Waals surface area contributed by atoms with Crippen LogP contribution in [-0.4, -0.2) is 5.91 Å². The molecule has 4 aromatic carbocycles. The number of rotatable bonds is 5. The Morgan fingerprint density at radius 3 is 2.16 bits per heavy atom. The minimum Gasteiger partial charge on any atom is -0.356 e. The fourth-order valence-corrected chi connectivity index (χ4v) is 5.09. The van der Waals surface area contributed by atoms with Crippen molar-refractivity contribution in [3.05, 3.63) is 129 Å². The summed E-state index contributed by atoms with van der Waals surface area (Å²) in [5.41, 5.74) is 10.2. The normalized spacial score (nSPS) is 17.0. The molecule has 37 heavy (non-hydrogen) atoms. The number of carbonyl (C=O) groups excluding carboxylic acids is 1. The number of nitrogens with two attached hydrogens (primary N) is 1. The molecule has 186 valence electrons. The lowest BCUT2D eigenvalue weighted by molar-refractivity contribution is 0.0857. The first-order valence-corrected chi connectivity index (χ1v) is 11.7. The van der Waals surface area contributed by atoms with Crippen molar-refractivity contribution < 1.29 is 27.1 Å². The highest BCUT2D eigenvalue weighted by Crippen LogP contribution is 2.54. The molecule has 0 spiro atoms. The molecule has 6 rings (SSSR count). The Morgan fingerprint density at radius 1 is 0.784 bits per heavy atom. The summed E-state index contributed by atoms with van der Waals surface area (Å²) in [7, 11) is 0. The quantitative estimate of drug-likeness (QED) is 0.337. The highest BCUT2D eigenvalue weighted by molar-refractivity contribution is 5.94. The topological polar surface area (TPSA) is 64.3 Å². The summed E-state index contributed by atoms with van der Waals surface area (Å²) in [6.07, 6.45) is -0.770. The molecule has 4 nitrogen and oxygen atoms in total. The van der Waals surface area contributed by atoms with Crippen LogP contribution in [-0.2, 0) is 17.8 Å². The summed E-state index contributed by atoms with van der Waals surface area (Å²) in [6, 6.07) is 16.4. The molecular weight excluding hydrogens is 484 g/mol. The van der Waals surface area contributed by atoms with Crippen LogP contribution >= 0.6 is 0 Å². The molecule has 4 aromatic rings. The number of hydrogen-bond donors (Lipinski definition) is 2. The van der Waals surface area contributed by atoms with E-state index < -0.39 is 35.3 Å². The standard InChI is InChI=1S/C29H20F4N2O2/c30-17-3-6-18(26(33)11-17)15-1-4-19-21(9-15)28-22-10-16(2-5-20(22)27(19)37-28)29(36)35-13-23-24(31)7-14(12-34)8-25(23)32/h1-11,27-28H,12-13,34H2,(H,35,36)/t27-,28+/m0/s1. The lowest BCUT2D eigenvalue weighted by atomic mass is 9.83. The fraction of sp³-hybridized carbons (Fsp3) is 0.138. The first-order valence-electron chi connectivity index (χ1n) is 11.7. The predicted octanol–water partition coefficient (Wildman–Crippen LogP) is 5.82. The number of hydrogen-bond acceptors (Lipinski definition) is 3. The number of amides is 1. The summed E-state index contributed by atoms with van der Waals surface area (Å²) in [4.78, 5) is 12.8. The van der Waals surface area contributed by atoms with Gasteiger partial charge in [-0.2, -0.15) is 0 Å². The van der Waals surface area contributed by atoms with E-state index >= 15 is 0 Å². The molecule has 0 saturated heterocycles. The first-order chi connectivity index (χ1) is 17.8. The van der Waals surface area contributed by atoms with E-state index in [1.165, 1.54) is 12.1 Å². The van der Waals surface area contributed by atoms with E-state index in [4.69, 9.17) is 10.5 Å². The molecule has 2 heterocycles. The van der Waals surface area contributed by atoms with Crippen LogP contribution in [0.1, 0.15) is 55.9 Å². The Hall–Kier alpha value is -4.01. The average Bonchev–Trinajstić information content (AvgIpc) is 3.44. The first kappa shape index (κ1) is 23.4. The van der Waals surface area contributed by atoms with E-state index in [-0.39, 0.29) is 30.3 Å².